The quantitative estimate of drug-likeness (QED) is 0.488. The Kier molecular flexibility index (Phi) is 3.97. The van der Waals surface area contributed by atoms with Crippen LogP contribution < -0.4 is 0 Å². The molecule has 1 fully saturated rings. The van der Waals surface area contributed by atoms with E-state index in [0.29, 0.717) is 0 Å². The van der Waals surface area contributed by atoms with E-state index in [9.17, 15) is 9.59 Å². The van der Waals surface area contributed by atoms with Crippen LogP contribution in [0.3, 0.4) is 0 Å². The van der Waals surface area contributed by atoms with Gasteiger partial charge in [0.05, 0.1) is 7.11 Å². The third kappa shape index (κ3) is 3.07. The molecule has 18 heavy (non-hydrogen) atoms. The molecule has 1 aliphatic carbocycles. The Morgan fingerprint density at radius 3 is 2.61 bits per heavy atom. The van der Waals surface area contributed by atoms with Gasteiger partial charge in [0.15, 0.2) is 5.78 Å². The first-order valence-electron chi connectivity index (χ1n) is 5.67. The number of carbonyl (C=O) groups excluding carboxylic acids is 2. The minimum absolute atomic E-state index is 0.00656. The molecule has 1 unspecified atom stereocenters. The van der Waals surface area contributed by atoms with Crippen molar-refractivity contribution in [1.82, 2.24) is 0 Å². The van der Waals surface area contributed by atoms with Gasteiger partial charge in [-0.2, -0.15) is 0 Å². The standard InChI is InChI=1S/C14H13BrO3/c1-18-13(16)7-4-10-8-12(10)14(17)9-2-5-11(15)6-3-9/h2-7,10,12H,8H2,1H3/b7-4+/t10?,12-/m1/s1. The van der Waals surface area contributed by atoms with Crippen LogP contribution in [0.5, 0.6) is 0 Å². The fourth-order valence-corrected chi connectivity index (χ4v) is 2.09. The number of methoxy groups -OCH3 is 1. The van der Waals surface area contributed by atoms with Crippen LogP contribution in [0.1, 0.15) is 16.8 Å². The van der Waals surface area contributed by atoms with Crippen molar-refractivity contribution in [2.45, 2.75) is 6.42 Å². The van der Waals surface area contributed by atoms with Crippen LogP contribution in [0.15, 0.2) is 40.9 Å². The summed E-state index contributed by atoms with van der Waals surface area (Å²) in [6.07, 6.45) is 3.95. The molecule has 2 rings (SSSR count). The van der Waals surface area contributed by atoms with E-state index < -0.39 is 0 Å². The van der Waals surface area contributed by atoms with Gasteiger partial charge in [0, 0.05) is 22.0 Å². The minimum atomic E-state index is -0.378. The van der Waals surface area contributed by atoms with Gasteiger partial charge in [0.2, 0.25) is 0 Å². The molecule has 4 heteroatoms. The van der Waals surface area contributed by atoms with Crippen LogP contribution >= 0.6 is 15.9 Å². The zero-order chi connectivity index (χ0) is 13.1. The van der Waals surface area contributed by atoms with E-state index in [0.717, 1.165) is 16.5 Å². The predicted molar refractivity (Wildman–Crippen MR) is 71.2 cm³/mol. The van der Waals surface area contributed by atoms with E-state index in [1.165, 1.54) is 13.2 Å². The summed E-state index contributed by atoms with van der Waals surface area (Å²) in [5, 5.41) is 0. The number of hydrogen-bond acceptors (Lipinski definition) is 3. The molecule has 0 N–H and O–H groups in total. The van der Waals surface area contributed by atoms with Gasteiger partial charge in [-0.15, -0.1) is 0 Å². The maximum atomic E-state index is 12.1. The number of allylic oxidation sites excluding steroid dienone is 1. The number of esters is 1. The van der Waals surface area contributed by atoms with E-state index in [1.54, 1.807) is 6.08 Å². The Hall–Kier alpha value is -1.42. The van der Waals surface area contributed by atoms with Crippen LogP contribution in [0.2, 0.25) is 0 Å². The van der Waals surface area contributed by atoms with E-state index >= 15 is 0 Å². The van der Waals surface area contributed by atoms with Crippen molar-refractivity contribution in [2.24, 2.45) is 11.8 Å². The summed E-state index contributed by atoms with van der Waals surface area (Å²) >= 11 is 3.33. The lowest BCUT2D eigenvalue weighted by molar-refractivity contribution is -0.134. The van der Waals surface area contributed by atoms with E-state index in [4.69, 9.17) is 0 Å². The third-order valence-electron chi connectivity index (χ3n) is 2.99. The topological polar surface area (TPSA) is 43.4 Å². The zero-order valence-corrected chi connectivity index (χ0v) is 11.5. The van der Waals surface area contributed by atoms with Crippen LogP contribution in [-0.2, 0) is 9.53 Å². The lowest BCUT2D eigenvalue weighted by Crippen LogP contribution is -2.02. The van der Waals surface area contributed by atoms with Gasteiger partial charge in [-0.25, -0.2) is 4.79 Å². The predicted octanol–water partition coefficient (Wildman–Crippen LogP) is 3.00. The third-order valence-corrected chi connectivity index (χ3v) is 3.51. The second-order valence-corrected chi connectivity index (χ2v) is 5.18. The first kappa shape index (κ1) is 13.0. The van der Waals surface area contributed by atoms with Crippen molar-refractivity contribution in [3.63, 3.8) is 0 Å². The summed E-state index contributed by atoms with van der Waals surface area (Å²) in [5.41, 5.74) is 0.720. The summed E-state index contributed by atoms with van der Waals surface area (Å²) in [5.74, 6) is -0.0638. The van der Waals surface area contributed by atoms with E-state index in [1.807, 2.05) is 24.3 Å². The molecule has 1 saturated carbocycles. The number of rotatable bonds is 4. The first-order chi connectivity index (χ1) is 8.61. The number of Topliss-reactive ketones (excluding diaryl/α,β-unsaturated/α-hetero) is 1. The molecule has 2 atom stereocenters. The maximum absolute atomic E-state index is 12.1. The SMILES string of the molecule is COC(=O)/C=C/C1C[C@H]1C(=O)c1ccc(Br)cc1. The number of ketones is 1. The fraction of sp³-hybridized carbons (Fsp3) is 0.286. The van der Waals surface area contributed by atoms with E-state index in [-0.39, 0.29) is 23.6 Å². The summed E-state index contributed by atoms with van der Waals surface area (Å²) in [4.78, 5) is 23.0. The fourth-order valence-electron chi connectivity index (χ4n) is 1.83. The first-order valence-corrected chi connectivity index (χ1v) is 6.47. The highest BCUT2D eigenvalue weighted by Crippen LogP contribution is 2.42. The molecule has 0 radical (unpaired) electrons. The van der Waals surface area contributed by atoms with Gasteiger partial charge in [0.25, 0.3) is 0 Å². The summed E-state index contributed by atoms with van der Waals surface area (Å²) in [6.45, 7) is 0. The smallest absolute Gasteiger partial charge is 0.330 e. The molecule has 0 saturated heterocycles. The van der Waals surface area contributed by atoms with E-state index in [2.05, 4.69) is 20.7 Å². The van der Waals surface area contributed by atoms with Crippen LogP contribution in [-0.4, -0.2) is 18.9 Å². The molecule has 1 aromatic rings. The minimum Gasteiger partial charge on any atom is -0.466 e. The highest BCUT2D eigenvalue weighted by atomic mass is 79.9. The largest absolute Gasteiger partial charge is 0.466 e. The molecule has 0 aliphatic heterocycles. The van der Waals surface area contributed by atoms with Crippen molar-refractivity contribution in [2.75, 3.05) is 7.11 Å². The number of hydrogen-bond donors (Lipinski definition) is 0. The van der Waals surface area contributed by atoms with Gasteiger partial charge in [-0.3, -0.25) is 4.79 Å². The molecule has 0 amide bonds. The Labute approximate surface area is 114 Å². The average molecular weight is 309 g/mol. The molecule has 1 aromatic carbocycles. The highest BCUT2D eigenvalue weighted by molar-refractivity contribution is 9.10. The van der Waals surface area contributed by atoms with Gasteiger partial charge < -0.3 is 4.74 Å². The molecular formula is C14H13BrO3. The van der Waals surface area contributed by atoms with Crippen molar-refractivity contribution >= 4 is 27.7 Å². The van der Waals surface area contributed by atoms with Crippen molar-refractivity contribution in [3.05, 3.63) is 46.5 Å². The number of ether oxygens (including phenoxy) is 1. The molecular weight excluding hydrogens is 296 g/mol. The van der Waals surface area contributed by atoms with Crippen LogP contribution in [0.4, 0.5) is 0 Å². The molecule has 3 nitrogen and oxygen atoms in total. The number of halogens is 1. The van der Waals surface area contributed by atoms with Crippen molar-refractivity contribution in [1.29, 1.82) is 0 Å². The van der Waals surface area contributed by atoms with Gasteiger partial charge in [-0.1, -0.05) is 34.1 Å². The summed E-state index contributed by atoms with van der Waals surface area (Å²) in [7, 11) is 1.34. The van der Waals surface area contributed by atoms with Crippen LogP contribution in [0.25, 0.3) is 0 Å². The monoisotopic (exact) mass is 308 g/mol. The molecule has 94 valence electrons. The van der Waals surface area contributed by atoms with Gasteiger partial charge >= 0.3 is 5.97 Å². The normalized spacial score (nSPS) is 21.9. The van der Waals surface area contributed by atoms with Crippen LogP contribution in [0, 0.1) is 11.8 Å². The zero-order valence-electron chi connectivity index (χ0n) is 9.93. The van der Waals surface area contributed by atoms with Gasteiger partial charge in [0.1, 0.15) is 0 Å². The molecule has 0 aromatic heterocycles. The van der Waals surface area contributed by atoms with Gasteiger partial charge in [-0.05, 0) is 24.5 Å². The second kappa shape index (κ2) is 5.48. The molecule has 0 heterocycles. The molecule has 0 bridgehead atoms. The average Bonchev–Trinajstić information content (AvgIpc) is 3.15. The number of carbonyl (C=O) groups is 2. The molecule has 1 aliphatic rings. The highest BCUT2D eigenvalue weighted by Gasteiger charge is 2.41. The van der Waals surface area contributed by atoms with Crippen molar-refractivity contribution < 1.29 is 14.3 Å². The lowest BCUT2D eigenvalue weighted by Gasteiger charge is -1.99. The number of benzene rings is 1. The Morgan fingerprint density at radius 1 is 1.33 bits per heavy atom. The molecule has 0 spiro atoms. The Bertz CT molecular complexity index is 490. The van der Waals surface area contributed by atoms with Crippen molar-refractivity contribution in [3.8, 4) is 0 Å². The second-order valence-electron chi connectivity index (χ2n) is 4.26. The summed E-state index contributed by atoms with van der Waals surface area (Å²) in [6, 6.07) is 7.33. The Morgan fingerprint density at radius 2 is 2.00 bits per heavy atom. The summed E-state index contributed by atoms with van der Waals surface area (Å²) < 4.78 is 5.46. The lowest BCUT2D eigenvalue weighted by atomic mass is 10.1. The maximum Gasteiger partial charge on any atom is 0.330 e. The Balaban J connectivity index is 1.95.